The number of carbonyl (C=O) groups excluding carboxylic acids is 1. The van der Waals surface area contributed by atoms with E-state index in [1.165, 1.54) is 18.5 Å². The minimum Gasteiger partial charge on any atom is -0.349 e. The molecule has 2 aromatic rings. The first kappa shape index (κ1) is 16.7. The Labute approximate surface area is 143 Å². The van der Waals surface area contributed by atoms with Gasteiger partial charge in [0.15, 0.2) is 0 Å². The van der Waals surface area contributed by atoms with Crippen LogP contribution in [0.4, 0.5) is 0 Å². The summed E-state index contributed by atoms with van der Waals surface area (Å²) in [5.41, 5.74) is 8.67. The summed E-state index contributed by atoms with van der Waals surface area (Å²) in [5.74, 6) is 0.385. The molecule has 1 aromatic carbocycles. The van der Waals surface area contributed by atoms with Gasteiger partial charge in [0.1, 0.15) is 5.69 Å². The summed E-state index contributed by atoms with van der Waals surface area (Å²) in [6.45, 7) is 6.72. The quantitative estimate of drug-likeness (QED) is 0.887. The lowest BCUT2D eigenvalue weighted by molar-refractivity contribution is 0.0944. The van der Waals surface area contributed by atoms with Gasteiger partial charge in [-0.3, -0.25) is 9.48 Å². The zero-order chi connectivity index (χ0) is 17.3. The van der Waals surface area contributed by atoms with Crippen LogP contribution in [-0.2, 0) is 5.54 Å². The van der Waals surface area contributed by atoms with Crippen LogP contribution in [0.25, 0.3) is 0 Å². The molecule has 5 heteroatoms. The molecule has 5 nitrogen and oxygen atoms in total. The van der Waals surface area contributed by atoms with E-state index in [4.69, 9.17) is 5.73 Å². The third-order valence-electron chi connectivity index (χ3n) is 4.31. The van der Waals surface area contributed by atoms with Gasteiger partial charge in [0, 0.05) is 24.2 Å². The van der Waals surface area contributed by atoms with Gasteiger partial charge in [-0.2, -0.15) is 5.10 Å². The summed E-state index contributed by atoms with van der Waals surface area (Å²) < 4.78 is 2.00. The van der Waals surface area contributed by atoms with E-state index in [1.54, 1.807) is 0 Å². The van der Waals surface area contributed by atoms with Gasteiger partial charge in [0.2, 0.25) is 0 Å². The Bertz CT molecular complexity index is 711. The minimum absolute atomic E-state index is 0.128. The second-order valence-electron chi connectivity index (χ2n) is 7.54. The predicted molar refractivity (Wildman–Crippen MR) is 94.9 cm³/mol. The standard InChI is InChI=1S/C19H26N4O/c1-19(2,3)23-17(14-9-10-14)11-16(22-23)18(24)21-12-15(20)13-7-5-4-6-8-13/h4-8,11,14-15H,9-10,12,20H2,1-3H3,(H,21,24). The van der Waals surface area contributed by atoms with Crippen LogP contribution in [0.3, 0.4) is 0 Å². The van der Waals surface area contributed by atoms with Crippen molar-refractivity contribution >= 4 is 5.91 Å². The van der Waals surface area contributed by atoms with Crippen LogP contribution < -0.4 is 11.1 Å². The van der Waals surface area contributed by atoms with Gasteiger partial charge in [-0.15, -0.1) is 0 Å². The molecule has 0 bridgehead atoms. The fourth-order valence-electron chi connectivity index (χ4n) is 2.82. The highest BCUT2D eigenvalue weighted by atomic mass is 16.1. The number of nitrogens with zero attached hydrogens (tertiary/aromatic N) is 2. The molecule has 1 heterocycles. The Morgan fingerprint density at radius 2 is 2.00 bits per heavy atom. The van der Waals surface area contributed by atoms with E-state index in [0.29, 0.717) is 18.2 Å². The molecule has 0 aliphatic heterocycles. The van der Waals surface area contributed by atoms with Crippen LogP contribution in [0.15, 0.2) is 36.4 Å². The molecule has 1 atom stereocenters. The maximum atomic E-state index is 12.5. The van der Waals surface area contributed by atoms with E-state index in [2.05, 4.69) is 31.2 Å². The highest BCUT2D eigenvalue weighted by Crippen LogP contribution is 2.41. The Morgan fingerprint density at radius 1 is 1.33 bits per heavy atom. The normalized spacial score (nSPS) is 16.0. The molecule has 1 aliphatic carbocycles. The summed E-state index contributed by atoms with van der Waals surface area (Å²) in [6, 6.07) is 11.5. The van der Waals surface area contributed by atoms with Gasteiger partial charge in [-0.1, -0.05) is 30.3 Å². The summed E-state index contributed by atoms with van der Waals surface area (Å²) in [5, 5.41) is 7.47. The largest absolute Gasteiger partial charge is 0.349 e. The van der Waals surface area contributed by atoms with Gasteiger partial charge in [0.25, 0.3) is 5.91 Å². The number of hydrogen-bond acceptors (Lipinski definition) is 3. The number of nitrogens with one attached hydrogen (secondary N) is 1. The van der Waals surface area contributed by atoms with Crippen LogP contribution in [0.5, 0.6) is 0 Å². The molecule has 128 valence electrons. The molecular weight excluding hydrogens is 300 g/mol. The van der Waals surface area contributed by atoms with Gasteiger partial charge < -0.3 is 11.1 Å². The van der Waals surface area contributed by atoms with Gasteiger partial charge in [-0.25, -0.2) is 0 Å². The molecule has 1 fully saturated rings. The fourth-order valence-corrected chi connectivity index (χ4v) is 2.82. The lowest BCUT2D eigenvalue weighted by Gasteiger charge is -2.22. The Kier molecular flexibility index (Phi) is 4.45. The lowest BCUT2D eigenvalue weighted by Crippen LogP contribution is -2.32. The van der Waals surface area contributed by atoms with Crippen molar-refractivity contribution in [3.63, 3.8) is 0 Å². The maximum absolute atomic E-state index is 12.5. The molecule has 3 N–H and O–H groups in total. The van der Waals surface area contributed by atoms with Crippen molar-refractivity contribution in [3.05, 3.63) is 53.3 Å². The average Bonchev–Trinajstić information content (AvgIpc) is 3.30. The first-order valence-corrected chi connectivity index (χ1v) is 8.55. The van der Waals surface area contributed by atoms with Crippen LogP contribution in [0.1, 0.15) is 67.3 Å². The Balaban J connectivity index is 1.69. The summed E-state index contributed by atoms with van der Waals surface area (Å²) in [4.78, 5) is 12.5. The van der Waals surface area contributed by atoms with Gasteiger partial charge in [0.05, 0.1) is 5.54 Å². The second-order valence-corrected chi connectivity index (χ2v) is 7.54. The highest BCUT2D eigenvalue weighted by molar-refractivity contribution is 5.92. The molecule has 0 radical (unpaired) electrons. The number of amides is 1. The predicted octanol–water partition coefficient (Wildman–Crippen LogP) is 2.95. The van der Waals surface area contributed by atoms with E-state index in [9.17, 15) is 4.79 Å². The number of aromatic nitrogens is 2. The SMILES string of the molecule is CC(C)(C)n1nc(C(=O)NCC(N)c2ccccc2)cc1C1CC1. The fraction of sp³-hybridized carbons (Fsp3) is 0.474. The first-order valence-electron chi connectivity index (χ1n) is 8.55. The van der Waals surface area contributed by atoms with Gasteiger partial charge >= 0.3 is 0 Å². The molecule has 3 rings (SSSR count). The summed E-state index contributed by atoms with van der Waals surface area (Å²) in [6.07, 6.45) is 2.36. The molecule has 1 saturated carbocycles. The van der Waals surface area contributed by atoms with Crippen molar-refractivity contribution in [1.29, 1.82) is 0 Å². The van der Waals surface area contributed by atoms with Crippen LogP contribution in [-0.4, -0.2) is 22.2 Å². The van der Waals surface area contributed by atoms with E-state index in [1.807, 2.05) is 41.1 Å². The van der Waals surface area contributed by atoms with Crippen molar-refractivity contribution in [2.24, 2.45) is 5.73 Å². The first-order chi connectivity index (χ1) is 11.4. The highest BCUT2D eigenvalue weighted by Gasteiger charge is 2.32. The van der Waals surface area contributed by atoms with Crippen LogP contribution in [0.2, 0.25) is 0 Å². The van der Waals surface area contributed by atoms with Crippen molar-refractivity contribution in [2.75, 3.05) is 6.54 Å². The van der Waals surface area contributed by atoms with Crippen molar-refractivity contribution in [2.45, 2.75) is 51.1 Å². The number of benzene rings is 1. The lowest BCUT2D eigenvalue weighted by atomic mass is 10.1. The smallest absolute Gasteiger partial charge is 0.271 e. The zero-order valence-corrected chi connectivity index (χ0v) is 14.6. The van der Waals surface area contributed by atoms with E-state index < -0.39 is 0 Å². The molecule has 1 amide bonds. The number of hydrogen-bond donors (Lipinski definition) is 2. The molecule has 0 saturated heterocycles. The number of nitrogens with two attached hydrogens (primary N) is 1. The molecule has 24 heavy (non-hydrogen) atoms. The molecule has 1 aliphatic rings. The van der Waals surface area contributed by atoms with Crippen molar-refractivity contribution in [1.82, 2.24) is 15.1 Å². The number of carbonyl (C=O) groups is 1. The van der Waals surface area contributed by atoms with E-state index in [0.717, 1.165) is 5.56 Å². The summed E-state index contributed by atoms with van der Waals surface area (Å²) >= 11 is 0. The topological polar surface area (TPSA) is 72.9 Å². The Morgan fingerprint density at radius 3 is 2.58 bits per heavy atom. The molecule has 1 aromatic heterocycles. The second kappa shape index (κ2) is 6.40. The van der Waals surface area contributed by atoms with Gasteiger partial charge in [-0.05, 0) is 45.2 Å². The van der Waals surface area contributed by atoms with E-state index >= 15 is 0 Å². The molecule has 1 unspecified atom stereocenters. The van der Waals surface area contributed by atoms with E-state index in [-0.39, 0.29) is 17.5 Å². The van der Waals surface area contributed by atoms with Crippen LogP contribution >= 0.6 is 0 Å². The van der Waals surface area contributed by atoms with Crippen molar-refractivity contribution in [3.8, 4) is 0 Å². The summed E-state index contributed by atoms with van der Waals surface area (Å²) in [7, 11) is 0. The zero-order valence-electron chi connectivity index (χ0n) is 14.6. The molecular formula is C19H26N4O. The minimum atomic E-state index is -0.220. The third kappa shape index (κ3) is 3.67. The monoisotopic (exact) mass is 326 g/mol. The van der Waals surface area contributed by atoms with Crippen LogP contribution in [0, 0.1) is 0 Å². The molecule has 0 spiro atoms. The average molecular weight is 326 g/mol. The Hall–Kier alpha value is -2.14. The third-order valence-corrected chi connectivity index (χ3v) is 4.31. The maximum Gasteiger partial charge on any atom is 0.271 e. The number of rotatable bonds is 5. The van der Waals surface area contributed by atoms with Crippen molar-refractivity contribution < 1.29 is 4.79 Å².